The molecular weight excluding hydrogens is 241 g/mol. The van der Waals surface area contributed by atoms with Gasteiger partial charge in [0.25, 0.3) is 0 Å². The number of benzene rings is 1. The number of nitriles is 1. The molecule has 0 aromatic heterocycles. The van der Waals surface area contributed by atoms with Gasteiger partial charge in [0, 0.05) is 6.04 Å². The Hall–Kier alpha value is -1.44. The smallest absolute Gasteiger partial charge is 0.123 e. The van der Waals surface area contributed by atoms with E-state index in [1.807, 2.05) is 13.1 Å². The van der Waals surface area contributed by atoms with Gasteiger partial charge in [-0.05, 0) is 57.7 Å². The number of piperidine rings is 1. The summed E-state index contributed by atoms with van der Waals surface area (Å²) in [4.78, 5) is 4.38. The summed E-state index contributed by atoms with van der Waals surface area (Å²) >= 11 is 0. The van der Waals surface area contributed by atoms with Crippen LogP contribution in [0.25, 0.3) is 0 Å². The third-order valence-corrected chi connectivity index (χ3v) is 3.96. The molecule has 0 saturated carbocycles. The average molecular weight is 261 g/mol. The maximum absolute atomic E-state index is 13.3. The molecular formula is C15H20FN3. The van der Waals surface area contributed by atoms with Gasteiger partial charge < -0.3 is 4.90 Å². The fraction of sp³-hybridized carbons (Fsp3) is 0.533. The molecule has 1 heterocycles. The summed E-state index contributed by atoms with van der Waals surface area (Å²) in [5.41, 5.74) is 0.740. The lowest BCUT2D eigenvalue weighted by Crippen LogP contribution is -2.43. The molecule has 1 atom stereocenters. The Bertz CT molecular complexity index is 461. The fourth-order valence-electron chi connectivity index (χ4n) is 2.69. The van der Waals surface area contributed by atoms with Crippen LogP contribution in [-0.4, -0.2) is 43.0 Å². The van der Waals surface area contributed by atoms with E-state index in [0.29, 0.717) is 6.04 Å². The first-order chi connectivity index (χ1) is 9.11. The molecule has 0 bridgehead atoms. The van der Waals surface area contributed by atoms with Crippen molar-refractivity contribution in [3.8, 4) is 6.07 Å². The maximum Gasteiger partial charge on any atom is 0.123 e. The van der Waals surface area contributed by atoms with E-state index in [4.69, 9.17) is 0 Å². The average Bonchev–Trinajstić information content (AvgIpc) is 2.40. The van der Waals surface area contributed by atoms with E-state index in [2.05, 4.69) is 22.9 Å². The number of hydrogen-bond donors (Lipinski definition) is 0. The lowest BCUT2D eigenvalue weighted by Gasteiger charge is -2.37. The summed E-state index contributed by atoms with van der Waals surface area (Å²) in [5, 5.41) is 9.40. The standard InChI is InChI=1S/C15H20FN3/c1-18-8-6-14(7-9-18)19(2)15(11-17)12-4-3-5-13(16)10-12/h3-5,10,14-15H,6-9H2,1-2H3. The topological polar surface area (TPSA) is 30.3 Å². The molecule has 0 aliphatic carbocycles. The SMILES string of the molecule is CN1CCC(N(C)C(C#N)c2cccc(F)c2)CC1. The Labute approximate surface area is 114 Å². The van der Waals surface area contributed by atoms with Gasteiger partial charge in [0.2, 0.25) is 0 Å². The van der Waals surface area contributed by atoms with E-state index in [1.165, 1.54) is 12.1 Å². The monoisotopic (exact) mass is 261 g/mol. The molecule has 0 amide bonds. The lowest BCUT2D eigenvalue weighted by atomic mass is 9.99. The second-order valence-corrected chi connectivity index (χ2v) is 5.29. The van der Waals surface area contributed by atoms with Crippen molar-refractivity contribution in [2.75, 3.05) is 27.2 Å². The summed E-state index contributed by atoms with van der Waals surface area (Å²) in [7, 11) is 4.08. The Morgan fingerprint density at radius 3 is 2.68 bits per heavy atom. The first kappa shape index (κ1) is 14.0. The zero-order valence-electron chi connectivity index (χ0n) is 11.5. The van der Waals surface area contributed by atoms with Gasteiger partial charge in [0.05, 0.1) is 6.07 Å². The number of hydrogen-bond acceptors (Lipinski definition) is 3. The van der Waals surface area contributed by atoms with Crippen LogP contribution in [-0.2, 0) is 0 Å². The zero-order valence-corrected chi connectivity index (χ0v) is 11.5. The molecule has 1 aliphatic heterocycles. The summed E-state index contributed by atoms with van der Waals surface area (Å²) in [5.74, 6) is -0.283. The van der Waals surface area contributed by atoms with Crippen LogP contribution >= 0.6 is 0 Å². The van der Waals surface area contributed by atoms with Crippen molar-refractivity contribution in [3.63, 3.8) is 0 Å². The highest BCUT2D eigenvalue weighted by molar-refractivity contribution is 5.25. The second kappa shape index (κ2) is 6.14. The van der Waals surface area contributed by atoms with E-state index >= 15 is 0 Å². The lowest BCUT2D eigenvalue weighted by molar-refractivity contribution is 0.126. The van der Waals surface area contributed by atoms with E-state index in [1.54, 1.807) is 6.07 Å². The van der Waals surface area contributed by atoms with Crippen molar-refractivity contribution in [1.29, 1.82) is 5.26 Å². The van der Waals surface area contributed by atoms with E-state index in [-0.39, 0.29) is 11.9 Å². The Kier molecular flexibility index (Phi) is 4.52. The first-order valence-electron chi connectivity index (χ1n) is 6.67. The van der Waals surface area contributed by atoms with Gasteiger partial charge >= 0.3 is 0 Å². The molecule has 4 heteroatoms. The van der Waals surface area contributed by atoms with Gasteiger partial charge in [-0.25, -0.2) is 4.39 Å². The molecule has 1 aromatic carbocycles. The predicted octanol–water partition coefficient (Wildman–Crippen LogP) is 2.42. The van der Waals surface area contributed by atoms with Crippen molar-refractivity contribution in [1.82, 2.24) is 9.80 Å². The third-order valence-electron chi connectivity index (χ3n) is 3.96. The molecule has 1 aromatic rings. The van der Waals surface area contributed by atoms with Crippen LogP contribution < -0.4 is 0 Å². The fourth-order valence-corrected chi connectivity index (χ4v) is 2.69. The van der Waals surface area contributed by atoms with Crippen LogP contribution in [0.4, 0.5) is 4.39 Å². The predicted molar refractivity (Wildman–Crippen MR) is 73.0 cm³/mol. The van der Waals surface area contributed by atoms with Gasteiger partial charge in [0.15, 0.2) is 0 Å². The first-order valence-corrected chi connectivity index (χ1v) is 6.67. The highest BCUT2D eigenvalue weighted by atomic mass is 19.1. The Balaban J connectivity index is 2.11. The summed E-state index contributed by atoms with van der Waals surface area (Å²) in [6.07, 6.45) is 2.11. The van der Waals surface area contributed by atoms with Gasteiger partial charge in [-0.2, -0.15) is 5.26 Å². The summed E-state index contributed by atoms with van der Waals surface area (Å²) in [6, 6.07) is 8.67. The van der Waals surface area contributed by atoms with Crippen LogP contribution in [0.1, 0.15) is 24.4 Å². The molecule has 0 radical (unpaired) electrons. The van der Waals surface area contributed by atoms with Crippen molar-refractivity contribution in [2.24, 2.45) is 0 Å². The second-order valence-electron chi connectivity index (χ2n) is 5.29. The number of rotatable bonds is 3. The van der Waals surface area contributed by atoms with E-state index < -0.39 is 0 Å². The molecule has 19 heavy (non-hydrogen) atoms. The molecule has 1 saturated heterocycles. The zero-order chi connectivity index (χ0) is 13.8. The van der Waals surface area contributed by atoms with Crippen LogP contribution in [0.15, 0.2) is 24.3 Å². The normalized spacial score (nSPS) is 19.3. The van der Waals surface area contributed by atoms with E-state index in [0.717, 1.165) is 31.5 Å². The quantitative estimate of drug-likeness (QED) is 0.837. The van der Waals surface area contributed by atoms with Crippen molar-refractivity contribution in [2.45, 2.75) is 24.9 Å². The molecule has 3 nitrogen and oxygen atoms in total. The molecule has 1 fully saturated rings. The third kappa shape index (κ3) is 3.31. The Morgan fingerprint density at radius 1 is 1.42 bits per heavy atom. The van der Waals surface area contributed by atoms with Crippen LogP contribution in [0.3, 0.4) is 0 Å². The summed E-state index contributed by atoms with van der Waals surface area (Å²) < 4.78 is 13.3. The minimum Gasteiger partial charge on any atom is -0.306 e. The molecule has 1 unspecified atom stereocenters. The van der Waals surface area contributed by atoms with Gasteiger partial charge in [-0.1, -0.05) is 12.1 Å². The molecule has 1 aliphatic rings. The molecule has 2 rings (SSSR count). The maximum atomic E-state index is 13.3. The minimum atomic E-state index is -0.371. The van der Waals surface area contributed by atoms with Crippen LogP contribution in [0, 0.1) is 17.1 Å². The molecule has 0 N–H and O–H groups in total. The van der Waals surface area contributed by atoms with Gasteiger partial charge in [0.1, 0.15) is 11.9 Å². The van der Waals surface area contributed by atoms with Crippen LogP contribution in [0.2, 0.25) is 0 Å². The minimum absolute atomic E-state index is 0.283. The van der Waals surface area contributed by atoms with Crippen molar-refractivity contribution < 1.29 is 4.39 Å². The number of halogens is 1. The highest BCUT2D eigenvalue weighted by Gasteiger charge is 2.26. The number of likely N-dealkylation sites (tertiary alicyclic amines) is 1. The van der Waals surface area contributed by atoms with Gasteiger partial charge in [-0.3, -0.25) is 4.90 Å². The van der Waals surface area contributed by atoms with Gasteiger partial charge in [-0.15, -0.1) is 0 Å². The van der Waals surface area contributed by atoms with E-state index in [9.17, 15) is 9.65 Å². The van der Waals surface area contributed by atoms with Crippen molar-refractivity contribution >= 4 is 0 Å². The summed E-state index contributed by atoms with van der Waals surface area (Å²) in [6.45, 7) is 2.10. The Morgan fingerprint density at radius 2 is 2.11 bits per heavy atom. The largest absolute Gasteiger partial charge is 0.306 e. The molecule has 102 valence electrons. The highest BCUT2D eigenvalue weighted by Crippen LogP contribution is 2.25. The number of nitrogens with zero attached hydrogens (tertiary/aromatic N) is 3. The molecule has 0 spiro atoms. The van der Waals surface area contributed by atoms with Crippen molar-refractivity contribution in [3.05, 3.63) is 35.6 Å². The van der Waals surface area contributed by atoms with Crippen LogP contribution in [0.5, 0.6) is 0 Å².